The average molecular weight is 264 g/mol. The van der Waals surface area contributed by atoms with Gasteiger partial charge < -0.3 is 9.40 Å². The van der Waals surface area contributed by atoms with Crippen molar-refractivity contribution in [1.29, 1.82) is 0 Å². The summed E-state index contributed by atoms with van der Waals surface area (Å²) in [6, 6.07) is 7.99. The topological polar surface area (TPSA) is 85.0 Å². The van der Waals surface area contributed by atoms with Gasteiger partial charge in [0.1, 0.15) is 4.92 Å². The number of hydrogen-bond donors (Lipinski definition) is 1. The Labute approximate surface area is 105 Å². The molecule has 18 heavy (non-hydrogen) atoms. The molecule has 0 aliphatic heterocycles. The number of fused-ring (bicyclic) bond motifs is 1. The minimum absolute atomic E-state index is 0.314. The molecule has 2 aromatic heterocycles. The highest BCUT2D eigenvalue weighted by Gasteiger charge is 2.15. The second-order valence-electron chi connectivity index (χ2n) is 3.64. The minimum atomic E-state index is -0.594. The summed E-state index contributed by atoms with van der Waals surface area (Å²) in [6.07, 6.45) is 0. The van der Waals surface area contributed by atoms with E-state index in [1.165, 1.54) is 12.1 Å². The van der Waals surface area contributed by atoms with Gasteiger partial charge in [-0.1, -0.05) is 11.6 Å². The highest BCUT2D eigenvalue weighted by molar-refractivity contribution is 6.31. The van der Waals surface area contributed by atoms with Crippen molar-refractivity contribution >= 4 is 28.5 Å². The summed E-state index contributed by atoms with van der Waals surface area (Å²) in [5.74, 6) is 0.429. The molecule has 3 rings (SSSR count). The second-order valence-corrected chi connectivity index (χ2v) is 4.08. The third-order valence-corrected chi connectivity index (χ3v) is 2.68. The summed E-state index contributed by atoms with van der Waals surface area (Å²) in [6.45, 7) is 0. The predicted octanol–water partition coefficient (Wildman–Crippen LogP) is 3.38. The van der Waals surface area contributed by atoms with Crippen LogP contribution in [0.2, 0.25) is 5.02 Å². The molecule has 6 nitrogen and oxygen atoms in total. The zero-order valence-corrected chi connectivity index (χ0v) is 9.64. The number of furan rings is 1. The quantitative estimate of drug-likeness (QED) is 0.567. The van der Waals surface area contributed by atoms with E-state index in [-0.39, 0.29) is 5.88 Å². The van der Waals surface area contributed by atoms with Crippen LogP contribution in [0.4, 0.5) is 5.88 Å². The van der Waals surface area contributed by atoms with Crippen LogP contribution in [0.25, 0.3) is 22.6 Å². The molecule has 2 heterocycles. The lowest BCUT2D eigenvalue weighted by atomic mass is 10.3. The molecule has 3 aromatic rings. The summed E-state index contributed by atoms with van der Waals surface area (Å²) in [4.78, 5) is 17.2. The summed E-state index contributed by atoms with van der Waals surface area (Å²) in [7, 11) is 0. The van der Waals surface area contributed by atoms with E-state index in [0.717, 1.165) is 5.52 Å². The molecule has 0 unspecified atom stereocenters. The lowest BCUT2D eigenvalue weighted by Crippen LogP contribution is -1.83. The largest absolute Gasteiger partial charge is 0.433 e. The van der Waals surface area contributed by atoms with Crippen molar-refractivity contribution in [3.05, 3.63) is 45.5 Å². The highest BCUT2D eigenvalue weighted by Crippen LogP contribution is 2.26. The number of nitrogens with zero attached hydrogens (tertiary/aromatic N) is 2. The van der Waals surface area contributed by atoms with Gasteiger partial charge >= 0.3 is 5.88 Å². The van der Waals surface area contributed by atoms with Crippen LogP contribution in [0, 0.1) is 10.1 Å². The number of aromatic amines is 1. The molecule has 0 aliphatic rings. The molecule has 0 spiro atoms. The average Bonchev–Trinajstić information content (AvgIpc) is 2.93. The number of benzene rings is 1. The maximum atomic E-state index is 10.5. The number of nitro groups is 1. The minimum Gasteiger partial charge on any atom is -0.397 e. The summed E-state index contributed by atoms with van der Waals surface area (Å²) < 4.78 is 5.07. The van der Waals surface area contributed by atoms with Crippen LogP contribution < -0.4 is 0 Å². The molecule has 0 fully saturated rings. The standard InChI is InChI=1S/C11H6ClN3O3/c12-6-1-2-7-8(5-6)14-11(13-7)9-3-4-10(18-9)15(16)17/h1-5H,(H,13,14). The van der Waals surface area contributed by atoms with Gasteiger partial charge in [-0.15, -0.1) is 0 Å². The van der Waals surface area contributed by atoms with Gasteiger partial charge in [-0.05, 0) is 24.3 Å². The van der Waals surface area contributed by atoms with Crippen molar-refractivity contribution < 1.29 is 9.34 Å². The molecule has 0 amide bonds. The summed E-state index contributed by atoms with van der Waals surface area (Å²) in [5.41, 5.74) is 1.46. The van der Waals surface area contributed by atoms with Crippen LogP contribution in [0.3, 0.4) is 0 Å². The van der Waals surface area contributed by atoms with Crippen molar-refractivity contribution in [2.24, 2.45) is 0 Å². The van der Waals surface area contributed by atoms with Gasteiger partial charge in [-0.25, -0.2) is 4.98 Å². The van der Waals surface area contributed by atoms with Gasteiger partial charge in [-0.3, -0.25) is 10.1 Å². The van der Waals surface area contributed by atoms with E-state index < -0.39 is 4.92 Å². The predicted molar refractivity (Wildman–Crippen MR) is 65.5 cm³/mol. The van der Waals surface area contributed by atoms with Crippen molar-refractivity contribution in [2.75, 3.05) is 0 Å². The van der Waals surface area contributed by atoms with Gasteiger partial charge in [0.2, 0.25) is 0 Å². The van der Waals surface area contributed by atoms with Crippen LogP contribution in [0.15, 0.2) is 34.7 Å². The fraction of sp³-hybridized carbons (Fsp3) is 0. The van der Waals surface area contributed by atoms with E-state index in [4.69, 9.17) is 16.0 Å². The Kier molecular flexibility index (Phi) is 2.31. The van der Waals surface area contributed by atoms with Crippen LogP contribution >= 0.6 is 11.6 Å². The Morgan fingerprint density at radius 3 is 2.89 bits per heavy atom. The first-order chi connectivity index (χ1) is 8.63. The zero-order valence-electron chi connectivity index (χ0n) is 8.88. The number of halogens is 1. The molecular weight excluding hydrogens is 258 g/mol. The van der Waals surface area contributed by atoms with Gasteiger partial charge in [0.15, 0.2) is 11.6 Å². The number of rotatable bonds is 2. The van der Waals surface area contributed by atoms with Gasteiger partial charge in [0, 0.05) is 5.02 Å². The Morgan fingerprint density at radius 1 is 1.33 bits per heavy atom. The van der Waals surface area contributed by atoms with E-state index in [2.05, 4.69) is 9.97 Å². The molecule has 1 aromatic carbocycles. The number of imidazole rings is 1. The summed E-state index contributed by atoms with van der Waals surface area (Å²) >= 11 is 5.86. The lowest BCUT2D eigenvalue weighted by molar-refractivity contribution is -0.401. The smallest absolute Gasteiger partial charge is 0.397 e. The molecule has 0 radical (unpaired) electrons. The summed E-state index contributed by atoms with van der Waals surface area (Å²) in [5, 5.41) is 11.1. The van der Waals surface area contributed by atoms with E-state index in [0.29, 0.717) is 22.1 Å². The Hall–Kier alpha value is -2.34. The third kappa shape index (κ3) is 1.72. The molecular formula is C11H6ClN3O3. The zero-order chi connectivity index (χ0) is 12.7. The number of H-pyrrole nitrogens is 1. The Balaban J connectivity index is 2.10. The maximum Gasteiger partial charge on any atom is 0.433 e. The normalized spacial score (nSPS) is 10.9. The lowest BCUT2D eigenvalue weighted by Gasteiger charge is -1.88. The fourth-order valence-electron chi connectivity index (χ4n) is 1.65. The van der Waals surface area contributed by atoms with Crippen LogP contribution in [0.5, 0.6) is 0 Å². The van der Waals surface area contributed by atoms with Crippen molar-refractivity contribution in [2.45, 2.75) is 0 Å². The SMILES string of the molecule is O=[N+]([O-])c1ccc(-c2nc3ccc(Cl)cc3[nH]2)o1. The van der Waals surface area contributed by atoms with Crippen LogP contribution in [0.1, 0.15) is 0 Å². The maximum absolute atomic E-state index is 10.5. The molecule has 7 heteroatoms. The second kappa shape index (κ2) is 3.85. The number of hydrogen-bond acceptors (Lipinski definition) is 4. The van der Waals surface area contributed by atoms with Gasteiger partial charge in [-0.2, -0.15) is 0 Å². The first kappa shape index (κ1) is 10.8. The van der Waals surface area contributed by atoms with Crippen molar-refractivity contribution in [1.82, 2.24) is 9.97 Å². The fourth-order valence-corrected chi connectivity index (χ4v) is 1.82. The van der Waals surface area contributed by atoms with Crippen molar-refractivity contribution in [3.8, 4) is 11.6 Å². The number of aromatic nitrogens is 2. The van der Waals surface area contributed by atoms with Gasteiger partial charge in [0.05, 0.1) is 17.1 Å². The van der Waals surface area contributed by atoms with E-state index in [1.54, 1.807) is 18.2 Å². The molecule has 0 aliphatic carbocycles. The molecule has 0 atom stereocenters. The van der Waals surface area contributed by atoms with E-state index >= 15 is 0 Å². The van der Waals surface area contributed by atoms with Crippen LogP contribution in [-0.4, -0.2) is 14.9 Å². The molecule has 0 bridgehead atoms. The molecule has 0 saturated carbocycles. The van der Waals surface area contributed by atoms with Crippen LogP contribution in [-0.2, 0) is 0 Å². The van der Waals surface area contributed by atoms with Gasteiger partial charge in [0.25, 0.3) is 0 Å². The van der Waals surface area contributed by atoms with E-state index in [1.807, 2.05) is 0 Å². The Bertz CT molecular complexity index is 747. The monoisotopic (exact) mass is 263 g/mol. The highest BCUT2D eigenvalue weighted by atomic mass is 35.5. The Morgan fingerprint density at radius 2 is 2.17 bits per heavy atom. The first-order valence-electron chi connectivity index (χ1n) is 5.03. The van der Waals surface area contributed by atoms with Crippen molar-refractivity contribution in [3.63, 3.8) is 0 Å². The molecule has 90 valence electrons. The van der Waals surface area contributed by atoms with E-state index in [9.17, 15) is 10.1 Å². The third-order valence-electron chi connectivity index (χ3n) is 2.45. The first-order valence-corrected chi connectivity index (χ1v) is 5.41. The molecule has 0 saturated heterocycles. The number of nitrogens with one attached hydrogen (secondary N) is 1. The molecule has 1 N–H and O–H groups in total.